The monoisotopic (exact) mass is 255 g/mol. The van der Waals surface area contributed by atoms with Crippen LogP contribution in [0.5, 0.6) is 0 Å². The van der Waals surface area contributed by atoms with Crippen LogP contribution in [-0.2, 0) is 4.79 Å². The summed E-state index contributed by atoms with van der Waals surface area (Å²) in [5.41, 5.74) is 0.418. The van der Waals surface area contributed by atoms with Gasteiger partial charge in [-0.25, -0.2) is 4.98 Å². The molecule has 0 spiro atoms. The molecular formula is C11H17N3O2S. The van der Waals surface area contributed by atoms with Gasteiger partial charge in [-0.2, -0.15) is 0 Å². The quantitative estimate of drug-likeness (QED) is 0.806. The second-order valence-corrected chi connectivity index (χ2v) is 4.92. The van der Waals surface area contributed by atoms with Crippen LogP contribution in [0.1, 0.15) is 22.4 Å². The number of rotatable bonds is 4. The molecule has 1 aromatic rings. The van der Waals surface area contributed by atoms with E-state index in [4.69, 9.17) is 0 Å². The number of nitrogens with zero attached hydrogens (tertiary/aromatic N) is 3. The van der Waals surface area contributed by atoms with Crippen LogP contribution in [0.15, 0.2) is 5.38 Å². The first-order valence-corrected chi connectivity index (χ1v) is 6.25. The van der Waals surface area contributed by atoms with Crippen LogP contribution in [0.2, 0.25) is 0 Å². The molecule has 0 saturated carbocycles. The van der Waals surface area contributed by atoms with E-state index in [1.54, 1.807) is 19.5 Å². The van der Waals surface area contributed by atoms with Crippen molar-refractivity contribution in [2.45, 2.75) is 13.8 Å². The second-order valence-electron chi connectivity index (χ2n) is 3.86. The summed E-state index contributed by atoms with van der Waals surface area (Å²) in [5.74, 6) is -0.279. The molecule has 0 fully saturated rings. The Morgan fingerprint density at radius 2 is 2.06 bits per heavy atom. The van der Waals surface area contributed by atoms with Gasteiger partial charge >= 0.3 is 0 Å². The van der Waals surface area contributed by atoms with Crippen LogP contribution in [0.4, 0.5) is 0 Å². The van der Waals surface area contributed by atoms with Gasteiger partial charge in [-0.15, -0.1) is 11.3 Å². The predicted octanol–water partition coefficient (Wildman–Crippen LogP) is 1.00. The van der Waals surface area contributed by atoms with Gasteiger partial charge in [-0.05, 0) is 13.8 Å². The Balaban J connectivity index is 2.74. The fourth-order valence-corrected chi connectivity index (χ4v) is 1.84. The first kappa shape index (κ1) is 13.6. The largest absolute Gasteiger partial charge is 0.347 e. The molecule has 0 radical (unpaired) electrons. The van der Waals surface area contributed by atoms with Crippen molar-refractivity contribution in [1.82, 2.24) is 14.8 Å². The van der Waals surface area contributed by atoms with Gasteiger partial charge in [0, 0.05) is 26.0 Å². The minimum absolute atomic E-state index is 0.0906. The molecular weight excluding hydrogens is 238 g/mol. The molecule has 0 aliphatic rings. The summed E-state index contributed by atoms with van der Waals surface area (Å²) in [5, 5.41) is 2.57. The molecule has 2 amide bonds. The normalized spacial score (nSPS) is 10.1. The number of amides is 2. The minimum Gasteiger partial charge on any atom is -0.347 e. The van der Waals surface area contributed by atoms with Crippen molar-refractivity contribution in [3.63, 3.8) is 0 Å². The Kier molecular flexibility index (Phi) is 4.62. The SMILES string of the molecule is CCN(CC(=O)N(C)C)C(=O)c1csc(C)n1. The smallest absolute Gasteiger partial charge is 0.273 e. The molecule has 1 rings (SSSR count). The van der Waals surface area contributed by atoms with E-state index in [1.165, 1.54) is 21.1 Å². The van der Waals surface area contributed by atoms with Gasteiger partial charge in [0.2, 0.25) is 5.91 Å². The molecule has 0 bridgehead atoms. The van der Waals surface area contributed by atoms with Crippen molar-refractivity contribution in [3.8, 4) is 0 Å². The molecule has 0 N–H and O–H groups in total. The summed E-state index contributed by atoms with van der Waals surface area (Å²) in [6.45, 7) is 4.29. The van der Waals surface area contributed by atoms with Crippen molar-refractivity contribution in [3.05, 3.63) is 16.1 Å². The van der Waals surface area contributed by atoms with Crippen molar-refractivity contribution in [2.24, 2.45) is 0 Å². The number of hydrogen-bond donors (Lipinski definition) is 0. The molecule has 6 heteroatoms. The second kappa shape index (κ2) is 5.77. The molecule has 0 aliphatic carbocycles. The first-order chi connectivity index (χ1) is 7.95. The third kappa shape index (κ3) is 3.52. The summed E-state index contributed by atoms with van der Waals surface area (Å²) >= 11 is 1.43. The van der Waals surface area contributed by atoms with E-state index in [-0.39, 0.29) is 18.4 Å². The number of aryl methyl sites for hydroxylation is 1. The Labute approximate surface area is 105 Å². The van der Waals surface area contributed by atoms with Crippen LogP contribution in [0.3, 0.4) is 0 Å². The highest BCUT2D eigenvalue weighted by Crippen LogP contribution is 2.10. The summed E-state index contributed by atoms with van der Waals surface area (Å²) in [7, 11) is 3.35. The maximum Gasteiger partial charge on any atom is 0.273 e. The lowest BCUT2D eigenvalue weighted by Gasteiger charge is -2.21. The average Bonchev–Trinajstić information content (AvgIpc) is 2.71. The van der Waals surface area contributed by atoms with Crippen molar-refractivity contribution >= 4 is 23.2 Å². The lowest BCUT2D eigenvalue weighted by Crippen LogP contribution is -2.40. The van der Waals surface area contributed by atoms with Gasteiger partial charge in [0.25, 0.3) is 5.91 Å². The topological polar surface area (TPSA) is 53.5 Å². The Morgan fingerprint density at radius 1 is 1.41 bits per heavy atom. The zero-order chi connectivity index (χ0) is 13.0. The lowest BCUT2D eigenvalue weighted by atomic mass is 10.3. The van der Waals surface area contributed by atoms with Crippen molar-refractivity contribution in [2.75, 3.05) is 27.2 Å². The summed E-state index contributed by atoms with van der Waals surface area (Å²) in [6, 6.07) is 0. The molecule has 0 atom stereocenters. The van der Waals surface area contributed by atoms with E-state index in [2.05, 4.69) is 4.98 Å². The highest BCUT2D eigenvalue weighted by molar-refractivity contribution is 7.09. The third-order valence-corrected chi connectivity index (χ3v) is 3.11. The van der Waals surface area contributed by atoms with Crippen LogP contribution in [-0.4, -0.2) is 53.8 Å². The number of thiazole rings is 1. The molecule has 0 saturated heterocycles. The summed E-state index contributed by atoms with van der Waals surface area (Å²) in [4.78, 5) is 30.7. The maximum atomic E-state index is 12.0. The van der Waals surface area contributed by atoms with Gasteiger partial charge in [0.15, 0.2) is 0 Å². The van der Waals surface area contributed by atoms with Crippen molar-refractivity contribution in [1.29, 1.82) is 0 Å². The number of carbonyl (C=O) groups excluding carboxylic acids is 2. The molecule has 1 heterocycles. The minimum atomic E-state index is -0.188. The molecule has 1 aromatic heterocycles. The van der Waals surface area contributed by atoms with E-state index >= 15 is 0 Å². The van der Waals surface area contributed by atoms with E-state index in [1.807, 2.05) is 13.8 Å². The van der Waals surface area contributed by atoms with Gasteiger partial charge in [-0.1, -0.05) is 0 Å². The molecule has 0 unspecified atom stereocenters. The zero-order valence-corrected chi connectivity index (χ0v) is 11.4. The van der Waals surface area contributed by atoms with Gasteiger partial charge < -0.3 is 9.80 Å². The van der Waals surface area contributed by atoms with Gasteiger partial charge in [0.05, 0.1) is 5.01 Å². The van der Waals surface area contributed by atoms with Crippen LogP contribution in [0.25, 0.3) is 0 Å². The zero-order valence-electron chi connectivity index (χ0n) is 10.6. The number of hydrogen-bond acceptors (Lipinski definition) is 4. The fraction of sp³-hybridized carbons (Fsp3) is 0.545. The fourth-order valence-electron chi connectivity index (χ4n) is 1.26. The standard InChI is InChI=1S/C11H17N3O2S/c1-5-14(6-10(15)13(3)4)11(16)9-7-17-8(2)12-9/h7H,5-6H2,1-4H3. The van der Waals surface area contributed by atoms with Crippen LogP contribution in [0, 0.1) is 6.92 Å². The Bertz CT molecular complexity index is 415. The molecule has 17 heavy (non-hydrogen) atoms. The van der Waals surface area contributed by atoms with E-state index < -0.39 is 0 Å². The van der Waals surface area contributed by atoms with Crippen LogP contribution < -0.4 is 0 Å². The summed E-state index contributed by atoms with van der Waals surface area (Å²) in [6.07, 6.45) is 0. The summed E-state index contributed by atoms with van der Waals surface area (Å²) < 4.78 is 0. The number of carbonyl (C=O) groups is 2. The first-order valence-electron chi connectivity index (χ1n) is 5.37. The van der Waals surface area contributed by atoms with E-state index in [9.17, 15) is 9.59 Å². The highest BCUT2D eigenvalue weighted by Gasteiger charge is 2.19. The molecule has 0 aromatic carbocycles. The Hall–Kier alpha value is -1.43. The van der Waals surface area contributed by atoms with Gasteiger partial charge in [-0.3, -0.25) is 9.59 Å². The lowest BCUT2D eigenvalue weighted by molar-refractivity contribution is -0.129. The molecule has 0 aliphatic heterocycles. The number of likely N-dealkylation sites (N-methyl/N-ethyl adjacent to an activating group) is 2. The maximum absolute atomic E-state index is 12.0. The molecule has 94 valence electrons. The third-order valence-electron chi connectivity index (χ3n) is 2.33. The van der Waals surface area contributed by atoms with E-state index in [0.29, 0.717) is 12.2 Å². The highest BCUT2D eigenvalue weighted by atomic mass is 32.1. The van der Waals surface area contributed by atoms with Crippen LogP contribution >= 0.6 is 11.3 Å². The van der Waals surface area contributed by atoms with Gasteiger partial charge in [0.1, 0.15) is 12.2 Å². The average molecular weight is 255 g/mol. The van der Waals surface area contributed by atoms with E-state index in [0.717, 1.165) is 5.01 Å². The number of aromatic nitrogens is 1. The Morgan fingerprint density at radius 3 is 2.47 bits per heavy atom. The van der Waals surface area contributed by atoms with Crippen molar-refractivity contribution < 1.29 is 9.59 Å². The molecule has 5 nitrogen and oxygen atoms in total. The predicted molar refractivity (Wildman–Crippen MR) is 67.1 cm³/mol.